The molecule has 8 heteroatoms. The van der Waals surface area contributed by atoms with E-state index in [0.717, 1.165) is 16.0 Å². The second-order valence-electron chi connectivity index (χ2n) is 9.02. The molecule has 4 rings (SSSR count). The van der Waals surface area contributed by atoms with Gasteiger partial charge in [-0.05, 0) is 43.2 Å². The first-order chi connectivity index (χ1) is 17.3. The minimum atomic E-state index is -0.675. The summed E-state index contributed by atoms with van der Waals surface area (Å²) in [6.45, 7) is 3.91. The quantitative estimate of drug-likeness (QED) is 0.562. The molecular weight excluding hydrogens is 456 g/mol. The molecule has 184 valence electrons. The van der Waals surface area contributed by atoms with Crippen LogP contribution in [-0.4, -0.2) is 46.6 Å². The largest absolute Gasteiger partial charge is 0.506 e. The molecule has 0 aromatic heterocycles. The molecule has 2 aromatic rings. The fourth-order valence-corrected chi connectivity index (χ4v) is 4.18. The van der Waals surface area contributed by atoms with E-state index in [4.69, 9.17) is 0 Å². The second kappa shape index (κ2) is 10.9. The van der Waals surface area contributed by atoms with Gasteiger partial charge in [0.2, 0.25) is 5.91 Å². The van der Waals surface area contributed by atoms with Gasteiger partial charge in [-0.1, -0.05) is 60.7 Å². The molecule has 2 N–H and O–H groups in total. The summed E-state index contributed by atoms with van der Waals surface area (Å²) < 4.78 is 1.34. The van der Waals surface area contributed by atoms with Crippen molar-refractivity contribution >= 4 is 35.2 Å². The maximum atomic E-state index is 13.5. The highest BCUT2D eigenvalue weighted by Gasteiger charge is 2.48. The van der Waals surface area contributed by atoms with Gasteiger partial charge in [-0.2, -0.15) is 9.37 Å². The molecule has 8 nitrogen and oxygen atoms in total. The van der Waals surface area contributed by atoms with E-state index in [-0.39, 0.29) is 36.7 Å². The van der Waals surface area contributed by atoms with Crippen molar-refractivity contribution in [2.24, 2.45) is 5.92 Å². The average molecular weight is 486 g/mol. The topological polar surface area (TPSA) is 98.6 Å². The van der Waals surface area contributed by atoms with E-state index < -0.39 is 11.9 Å². The summed E-state index contributed by atoms with van der Waals surface area (Å²) in [6.07, 6.45) is 7.11. The van der Waals surface area contributed by atoms with Crippen molar-refractivity contribution in [1.82, 2.24) is 10.6 Å². The van der Waals surface area contributed by atoms with Gasteiger partial charge in [0, 0.05) is 12.6 Å². The molecule has 1 heterocycles. The van der Waals surface area contributed by atoms with Crippen LogP contribution in [-0.2, 0) is 27.3 Å². The summed E-state index contributed by atoms with van der Waals surface area (Å²) in [7, 11) is 0. The Kier molecular flexibility index (Phi) is 7.53. The molecule has 0 spiro atoms. The molecule has 0 fully saturated rings. The van der Waals surface area contributed by atoms with Gasteiger partial charge in [-0.3, -0.25) is 9.59 Å². The molecule has 36 heavy (non-hydrogen) atoms. The first-order valence-corrected chi connectivity index (χ1v) is 11.9. The van der Waals surface area contributed by atoms with Gasteiger partial charge in [0.25, 0.3) is 5.91 Å². The van der Waals surface area contributed by atoms with Crippen molar-refractivity contribution in [3.8, 4) is 0 Å². The number of amides is 5. The van der Waals surface area contributed by atoms with E-state index in [2.05, 4.69) is 10.6 Å². The molecule has 1 atom stereocenters. The van der Waals surface area contributed by atoms with Gasteiger partial charge in [-0.15, -0.1) is 4.90 Å². The lowest BCUT2D eigenvalue weighted by atomic mass is 9.94. The number of fused-ring (bicyclic) bond motifs is 1. The number of benzene rings is 2. The van der Waals surface area contributed by atoms with Crippen LogP contribution in [0.3, 0.4) is 0 Å². The summed E-state index contributed by atoms with van der Waals surface area (Å²) in [6, 6.07) is 15.7. The number of urea groups is 1. The third kappa shape index (κ3) is 5.66. The standard InChI is InChI=1S/C28H28N4O4/c1-19(2)30-25(33)16-20-12-14-22(15-13-20)32-27(35)23-10-6-7-11-24(23)31(28(32)36)18-26(34)29-17-21-8-4-3-5-9-21/h3-15,19,23H,16-18H2,1-2H3,(H-,29,30,33,34)/p+1. The van der Waals surface area contributed by atoms with Crippen molar-refractivity contribution in [2.75, 3.05) is 11.4 Å². The number of rotatable bonds is 8. The SMILES string of the molecule is CC(C)NC(=O)Cc1ccc(N2C(=O)C3C=CC=CC3=[N+](CC(=O)NCc3ccccc3)C2=O)cc1. The van der Waals surface area contributed by atoms with Gasteiger partial charge in [0.05, 0.1) is 6.42 Å². The Hall–Kier alpha value is -4.33. The summed E-state index contributed by atoms with van der Waals surface area (Å²) in [5, 5.41) is 5.68. The summed E-state index contributed by atoms with van der Waals surface area (Å²) in [5.74, 6) is -1.50. The summed E-state index contributed by atoms with van der Waals surface area (Å²) in [5.41, 5.74) is 2.56. The number of anilines is 1. The number of imide groups is 1. The van der Waals surface area contributed by atoms with Crippen molar-refractivity contribution in [3.05, 3.63) is 90.0 Å². The maximum absolute atomic E-state index is 13.5. The van der Waals surface area contributed by atoms with Crippen LogP contribution in [0.15, 0.2) is 78.9 Å². The highest BCUT2D eigenvalue weighted by molar-refractivity contribution is 6.26. The molecule has 0 bridgehead atoms. The van der Waals surface area contributed by atoms with E-state index in [9.17, 15) is 19.2 Å². The van der Waals surface area contributed by atoms with E-state index in [1.54, 1.807) is 48.6 Å². The summed E-state index contributed by atoms with van der Waals surface area (Å²) in [4.78, 5) is 52.7. The fraction of sp³-hybridized carbons (Fsp3) is 0.250. The lowest BCUT2D eigenvalue weighted by Gasteiger charge is -2.26. The Bertz CT molecular complexity index is 1260. The molecule has 2 aromatic carbocycles. The fourth-order valence-electron chi connectivity index (χ4n) is 4.18. The van der Waals surface area contributed by atoms with E-state index in [1.807, 2.05) is 44.2 Å². The van der Waals surface area contributed by atoms with E-state index in [1.165, 1.54) is 4.58 Å². The number of hydrogen-bond donors (Lipinski definition) is 2. The van der Waals surface area contributed by atoms with Crippen LogP contribution in [0.4, 0.5) is 10.5 Å². The molecule has 1 unspecified atom stereocenters. The van der Waals surface area contributed by atoms with E-state index >= 15 is 0 Å². The highest BCUT2D eigenvalue weighted by atomic mass is 16.2. The minimum Gasteiger partial charge on any atom is -0.354 e. The van der Waals surface area contributed by atoms with Gasteiger partial charge in [0.1, 0.15) is 17.3 Å². The molecule has 5 amide bonds. The van der Waals surface area contributed by atoms with Crippen molar-refractivity contribution < 1.29 is 23.8 Å². The number of nitrogens with one attached hydrogen (secondary N) is 2. The number of hydrogen-bond acceptors (Lipinski definition) is 4. The van der Waals surface area contributed by atoms with Crippen LogP contribution < -0.4 is 15.5 Å². The number of nitrogens with zero attached hydrogens (tertiary/aromatic N) is 2. The zero-order valence-corrected chi connectivity index (χ0v) is 20.3. The van der Waals surface area contributed by atoms with Gasteiger partial charge < -0.3 is 10.6 Å². The Balaban J connectivity index is 1.54. The first-order valence-electron chi connectivity index (χ1n) is 11.9. The molecule has 2 aliphatic rings. The lowest BCUT2D eigenvalue weighted by molar-refractivity contribution is -0.417. The average Bonchev–Trinajstić information content (AvgIpc) is 2.86. The molecule has 1 aliphatic carbocycles. The maximum Gasteiger partial charge on any atom is 0.506 e. The van der Waals surface area contributed by atoms with Gasteiger partial charge in [-0.25, -0.2) is 4.79 Å². The first kappa shape index (κ1) is 24.8. The van der Waals surface area contributed by atoms with E-state index in [0.29, 0.717) is 17.9 Å². The van der Waals surface area contributed by atoms with Crippen molar-refractivity contribution in [2.45, 2.75) is 32.9 Å². The predicted octanol–water partition coefficient (Wildman–Crippen LogP) is 2.73. The zero-order chi connectivity index (χ0) is 25.7. The van der Waals surface area contributed by atoms with Gasteiger partial charge >= 0.3 is 11.9 Å². The lowest BCUT2D eigenvalue weighted by Crippen LogP contribution is -2.56. The molecule has 0 saturated carbocycles. The number of allylic oxidation sites excluding steroid dienone is 3. The Morgan fingerprint density at radius 3 is 2.36 bits per heavy atom. The van der Waals surface area contributed by atoms with Crippen LogP contribution in [0.25, 0.3) is 0 Å². The summed E-state index contributed by atoms with van der Waals surface area (Å²) >= 11 is 0. The van der Waals surface area contributed by atoms with Crippen LogP contribution in [0.5, 0.6) is 0 Å². The minimum absolute atomic E-state index is 0.0410. The van der Waals surface area contributed by atoms with Crippen LogP contribution in [0.1, 0.15) is 25.0 Å². The Morgan fingerprint density at radius 1 is 0.944 bits per heavy atom. The smallest absolute Gasteiger partial charge is 0.354 e. The van der Waals surface area contributed by atoms with Gasteiger partial charge in [0.15, 0.2) is 6.54 Å². The zero-order valence-electron chi connectivity index (χ0n) is 20.3. The van der Waals surface area contributed by atoms with Crippen LogP contribution in [0.2, 0.25) is 0 Å². The molecular formula is C28H29N4O4+. The molecule has 0 saturated heterocycles. The Labute approximate surface area is 210 Å². The second-order valence-corrected chi connectivity index (χ2v) is 9.02. The normalized spacial score (nSPS) is 16.9. The Morgan fingerprint density at radius 2 is 1.67 bits per heavy atom. The van der Waals surface area contributed by atoms with Crippen LogP contribution in [0, 0.1) is 5.92 Å². The third-order valence-electron chi connectivity index (χ3n) is 5.86. The molecule has 0 radical (unpaired) electrons. The van der Waals surface area contributed by atoms with Crippen molar-refractivity contribution in [3.63, 3.8) is 0 Å². The number of carbonyl (C=O) groups is 4. The number of carbonyl (C=O) groups excluding carboxylic acids is 4. The highest BCUT2D eigenvalue weighted by Crippen LogP contribution is 2.26. The van der Waals surface area contributed by atoms with Crippen LogP contribution >= 0.6 is 0 Å². The predicted molar refractivity (Wildman–Crippen MR) is 136 cm³/mol. The third-order valence-corrected chi connectivity index (χ3v) is 5.86. The molecule has 1 aliphatic heterocycles. The van der Waals surface area contributed by atoms with Crippen molar-refractivity contribution in [1.29, 1.82) is 0 Å². The monoisotopic (exact) mass is 485 g/mol.